The van der Waals surface area contributed by atoms with Gasteiger partial charge in [0.05, 0.1) is 23.0 Å². The number of hydrogen-bond acceptors (Lipinski definition) is 6. The molecule has 0 bridgehead atoms. The van der Waals surface area contributed by atoms with E-state index in [-0.39, 0.29) is 16.4 Å². The predicted octanol–water partition coefficient (Wildman–Crippen LogP) is 2.29. The first-order valence-corrected chi connectivity index (χ1v) is 14.5. The van der Waals surface area contributed by atoms with Crippen molar-refractivity contribution >= 4 is 21.8 Å². The molecule has 1 fully saturated rings. The van der Waals surface area contributed by atoms with Gasteiger partial charge in [0.1, 0.15) is 6.10 Å². The van der Waals surface area contributed by atoms with Gasteiger partial charge in [-0.25, -0.2) is 8.42 Å². The Balaban J connectivity index is 1.65. The van der Waals surface area contributed by atoms with Gasteiger partial charge in [-0.15, -0.1) is 0 Å². The van der Waals surface area contributed by atoms with Gasteiger partial charge in [0.2, 0.25) is 15.9 Å². The van der Waals surface area contributed by atoms with Crippen LogP contribution in [-0.4, -0.2) is 66.1 Å². The number of sulfonamides is 1. The number of rotatable bonds is 12. The number of amides is 2. The standard InChI is InChI=1S/C28H39N3O6S/c1-19(2)17-24(26(33)25(32)20(3)27(34)29-18-21-9-5-4-6-10-21)30-28(35)22-11-13-23(14-12-22)38(36,37)31-15-7-8-16-31/h4-6,9-14,19-20,24-26,32-33H,7-8,15-18H2,1-3H3,(H,29,34)(H,30,35)/t20-,24+,25-,26-/m1/s1. The van der Waals surface area contributed by atoms with Gasteiger partial charge in [-0.1, -0.05) is 51.1 Å². The van der Waals surface area contributed by atoms with Crippen molar-refractivity contribution in [2.75, 3.05) is 13.1 Å². The Kier molecular flexibility index (Phi) is 10.4. The summed E-state index contributed by atoms with van der Waals surface area (Å²) in [6, 6.07) is 14.2. The molecule has 3 rings (SSSR count). The number of benzene rings is 2. The molecule has 2 aromatic rings. The van der Waals surface area contributed by atoms with E-state index in [1.54, 1.807) is 0 Å². The van der Waals surface area contributed by atoms with E-state index in [4.69, 9.17) is 0 Å². The van der Waals surface area contributed by atoms with Crippen LogP contribution in [0.5, 0.6) is 0 Å². The molecule has 38 heavy (non-hydrogen) atoms. The molecule has 1 heterocycles. The third-order valence-electron chi connectivity index (χ3n) is 6.86. The summed E-state index contributed by atoms with van der Waals surface area (Å²) in [5.74, 6) is -1.76. The fourth-order valence-electron chi connectivity index (χ4n) is 4.53. The average Bonchev–Trinajstić information content (AvgIpc) is 3.46. The highest BCUT2D eigenvalue weighted by Gasteiger charge is 2.35. The Morgan fingerprint density at radius 1 is 0.921 bits per heavy atom. The van der Waals surface area contributed by atoms with Crippen molar-refractivity contribution in [3.63, 3.8) is 0 Å². The van der Waals surface area contributed by atoms with E-state index in [2.05, 4.69) is 10.6 Å². The minimum absolute atomic E-state index is 0.0809. The zero-order valence-electron chi connectivity index (χ0n) is 22.2. The molecule has 208 valence electrons. The van der Waals surface area contributed by atoms with E-state index in [9.17, 15) is 28.2 Å². The first-order chi connectivity index (χ1) is 18.0. The normalized spacial score (nSPS) is 17.5. The molecule has 0 saturated carbocycles. The van der Waals surface area contributed by atoms with Crippen LogP contribution >= 0.6 is 0 Å². The second kappa shape index (κ2) is 13.3. The minimum Gasteiger partial charge on any atom is -0.390 e. The summed E-state index contributed by atoms with van der Waals surface area (Å²) in [4.78, 5) is 25.8. The van der Waals surface area contributed by atoms with E-state index in [1.807, 2.05) is 44.2 Å². The van der Waals surface area contributed by atoms with E-state index < -0.39 is 46.0 Å². The smallest absolute Gasteiger partial charge is 0.251 e. The van der Waals surface area contributed by atoms with Gasteiger partial charge < -0.3 is 20.8 Å². The SMILES string of the molecule is CC(C)C[C@H](NC(=O)c1ccc(S(=O)(=O)N2CCCC2)cc1)[C@@H](O)[C@H](O)[C@@H](C)C(=O)NCc1ccccc1. The molecule has 9 nitrogen and oxygen atoms in total. The van der Waals surface area contributed by atoms with E-state index in [0.29, 0.717) is 26.1 Å². The van der Waals surface area contributed by atoms with Gasteiger partial charge >= 0.3 is 0 Å². The molecule has 1 aliphatic heterocycles. The van der Waals surface area contributed by atoms with Gasteiger partial charge in [0, 0.05) is 25.2 Å². The van der Waals surface area contributed by atoms with Crippen molar-refractivity contribution in [1.29, 1.82) is 0 Å². The molecule has 0 radical (unpaired) electrons. The van der Waals surface area contributed by atoms with Crippen LogP contribution in [0.3, 0.4) is 0 Å². The molecule has 1 saturated heterocycles. The molecular weight excluding hydrogens is 506 g/mol. The second-order valence-electron chi connectivity index (χ2n) is 10.3. The molecule has 4 atom stereocenters. The van der Waals surface area contributed by atoms with Crippen molar-refractivity contribution < 1.29 is 28.2 Å². The molecule has 0 spiro atoms. The minimum atomic E-state index is -3.59. The maximum Gasteiger partial charge on any atom is 0.251 e. The summed E-state index contributed by atoms with van der Waals surface area (Å²) in [5.41, 5.74) is 1.14. The summed E-state index contributed by atoms with van der Waals surface area (Å²) in [7, 11) is -3.59. The van der Waals surface area contributed by atoms with Crippen molar-refractivity contribution in [1.82, 2.24) is 14.9 Å². The first-order valence-electron chi connectivity index (χ1n) is 13.1. The zero-order valence-corrected chi connectivity index (χ0v) is 23.0. The largest absolute Gasteiger partial charge is 0.390 e. The van der Waals surface area contributed by atoms with E-state index in [1.165, 1.54) is 35.5 Å². The summed E-state index contributed by atoms with van der Waals surface area (Å²) < 4.78 is 27.0. The summed E-state index contributed by atoms with van der Waals surface area (Å²) >= 11 is 0. The molecule has 4 N–H and O–H groups in total. The zero-order chi connectivity index (χ0) is 27.9. The van der Waals surface area contributed by atoms with Gasteiger partial charge in [-0.3, -0.25) is 9.59 Å². The fraction of sp³-hybridized carbons (Fsp3) is 0.500. The number of carbonyl (C=O) groups is 2. The van der Waals surface area contributed by atoms with Crippen molar-refractivity contribution in [2.45, 2.75) is 69.7 Å². The monoisotopic (exact) mass is 545 g/mol. The summed E-state index contributed by atoms with van der Waals surface area (Å²) in [6.45, 7) is 6.65. The van der Waals surface area contributed by atoms with Gasteiger partial charge in [-0.05, 0) is 55.0 Å². The van der Waals surface area contributed by atoms with Crippen LogP contribution in [0.25, 0.3) is 0 Å². The van der Waals surface area contributed by atoms with Crippen LogP contribution in [0.1, 0.15) is 56.0 Å². The Morgan fingerprint density at radius 2 is 1.53 bits per heavy atom. The van der Waals surface area contributed by atoms with Gasteiger partial charge in [0.15, 0.2) is 0 Å². The summed E-state index contributed by atoms with van der Waals surface area (Å²) in [6.07, 6.45) is -0.780. The predicted molar refractivity (Wildman–Crippen MR) is 145 cm³/mol. The van der Waals surface area contributed by atoms with Crippen LogP contribution < -0.4 is 10.6 Å². The number of carbonyl (C=O) groups excluding carboxylic acids is 2. The lowest BCUT2D eigenvalue weighted by Gasteiger charge is -2.31. The lowest BCUT2D eigenvalue weighted by Crippen LogP contribution is -2.52. The molecule has 0 aliphatic carbocycles. The fourth-order valence-corrected chi connectivity index (χ4v) is 6.05. The van der Waals surface area contributed by atoms with Crippen molar-refractivity contribution in [2.24, 2.45) is 11.8 Å². The maximum atomic E-state index is 13.0. The number of hydrogen-bond donors (Lipinski definition) is 4. The molecule has 2 aromatic carbocycles. The van der Waals surface area contributed by atoms with Crippen molar-refractivity contribution in [3.8, 4) is 0 Å². The third-order valence-corrected chi connectivity index (χ3v) is 8.77. The highest BCUT2D eigenvalue weighted by atomic mass is 32.2. The molecule has 1 aliphatic rings. The third kappa shape index (κ3) is 7.63. The molecule has 2 amide bonds. The average molecular weight is 546 g/mol. The van der Waals surface area contributed by atoms with Crippen LogP contribution in [0.15, 0.2) is 59.5 Å². The molecule has 0 unspecified atom stereocenters. The Labute approximate surface area is 225 Å². The Morgan fingerprint density at radius 3 is 2.11 bits per heavy atom. The summed E-state index contributed by atoms with van der Waals surface area (Å²) in [5, 5.41) is 27.3. The van der Waals surface area contributed by atoms with Gasteiger partial charge in [0.25, 0.3) is 5.91 Å². The lowest BCUT2D eigenvalue weighted by molar-refractivity contribution is -0.132. The van der Waals surface area contributed by atoms with Crippen LogP contribution in [0.2, 0.25) is 0 Å². The van der Waals surface area contributed by atoms with E-state index >= 15 is 0 Å². The van der Waals surface area contributed by atoms with E-state index in [0.717, 1.165) is 18.4 Å². The quantitative estimate of drug-likeness (QED) is 0.323. The topological polar surface area (TPSA) is 136 Å². The number of nitrogens with one attached hydrogen (secondary N) is 2. The lowest BCUT2D eigenvalue weighted by atomic mass is 9.89. The molecule has 0 aromatic heterocycles. The number of aliphatic hydroxyl groups excluding tert-OH is 2. The Hall–Kier alpha value is -2.79. The van der Waals surface area contributed by atoms with Crippen LogP contribution in [0, 0.1) is 11.8 Å². The Bertz CT molecular complexity index is 1160. The second-order valence-corrected chi connectivity index (χ2v) is 12.3. The molecular formula is C28H39N3O6S. The first kappa shape index (κ1) is 29.8. The number of nitrogens with zero attached hydrogens (tertiary/aromatic N) is 1. The molecule has 10 heteroatoms. The van der Waals surface area contributed by atoms with Crippen molar-refractivity contribution in [3.05, 3.63) is 65.7 Å². The van der Waals surface area contributed by atoms with Crippen LogP contribution in [-0.2, 0) is 21.4 Å². The van der Waals surface area contributed by atoms with Crippen LogP contribution in [0.4, 0.5) is 0 Å². The highest BCUT2D eigenvalue weighted by Crippen LogP contribution is 2.22. The van der Waals surface area contributed by atoms with Gasteiger partial charge in [-0.2, -0.15) is 4.31 Å². The maximum absolute atomic E-state index is 13.0. The number of aliphatic hydroxyl groups is 2. The highest BCUT2D eigenvalue weighted by molar-refractivity contribution is 7.89.